The molecule has 128 valence electrons. The van der Waals surface area contributed by atoms with Crippen molar-refractivity contribution < 1.29 is 9.90 Å². The quantitative estimate of drug-likeness (QED) is 0.769. The molecule has 3 unspecified atom stereocenters. The Kier molecular flexibility index (Phi) is 3.54. The van der Waals surface area contributed by atoms with Crippen LogP contribution in [0.2, 0.25) is 0 Å². The molecular formula is C20H20N2O2S. The number of benzene rings is 2. The first-order valence-corrected chi connectivity index (χ1v) is 9.78. The van der Waals surface area contributed by atoms with Gasteiger partial charge in [0.2, 0.25) is 0 Å². The lowest BCUT2D eigenvalue weighted by atomic mass is 9.91. The molecule has 5 heteroatoms. The highest BCUT2D eigenvalue weighted by molar-refractivity contribution is 8.05. The van der Waals surface area contributed by atoms with Crippen LogP contribution in [-0.2, 0) is 4.79 Å². The second kappa shape index (κ2) is 5.78. The third-order valence-electron chi connectivity index (χ3n) is 5.60. The molecule has 2 saturated heterocycles. The molecule has 25 heavy (non-hydrogen) atoms. The number of fused-ring (bicyclic) bond motifs is 4. The summed E-state index contributed by atoms with van der Waals surface area (Å²) in [7, 11) is 0. The molecule has 3 atom stereocenters. The summed E-state index contributed by atoms with van der Waals surface area (Å²) in [6, 6.07) is 12.3. The zero-order valence-corrected chi connectivity index (χ0v) is 14.6. The van der Waals surface area contributed by atoms with Crippen LogP contribution in [0.5, 0.6) is 5.75 Å². The van der Waals surface area contributed by atoms with E-state index in [1.807, 2.05) is 41.3 Å². The van der Waals surface area contributed by atoms with Gasteiger partial charge in [-0.15, -0.1) is 0 Å². The third kappa shape index (κ3) is 2.37. The summed E-state index contributed by atoms with van der Waals surface area (Å²) in [5, 5.41) is 16.0. The molecule has 1 amide bonds. The van der Waals surface area contributed by atoms with E-state index in [9.17, 15) is 9.90 Å². The van der Waals surface area contributed by atoms with Gasteiger partial charge in [-0.05, 0) is 35.8 Å². The van der Waals surface area contributed by atoms with Crippen LogP contribution in [0, 0.1) is 0 Å². The molecular weight excluding hydrogens is 332 g/mol. The monoisotopic (exact) mass is 352 g/mol. The molecule has 2 aromatic carbocycles. The van der Waals surface area contributed by atoms with E-state index in [-0.39, 0.29) is 17.2 Å². The molecule has 4 nitrogen and oxygen atoms in total. The van der Waals surface area contributed by atoms with Crippen LogP contribution in [0.15, 0.2) is 41.3 Å². The minimum Gasteiger partial charge on any atom is -0.507 e. The van der Waals surface area contributed by atoms with E-state index >= 15 is 0 Å². The Morgan fingerprint density at radius 1 is 1.16 bits per heavy atom. The van der Waals surface area contributed by atoms with E-state index in [1.165, 1.54) is 12.8 Å². The molecule has 5 rings (SSSR count). The third-order valence-corrected chi connectivity index (χ3v) is 6.74. The number of rotatable bonds is 1. The van der Waals surface area contributed by atoms with Gasteiger partial charge in [0.1, 0.15) is 11.2 Å². The van der Waals surface area contributed by atoms with Crippen molar-refractivity contribution in [1.29, 1.82) is 0 Å². The first-order chi connectivity index (χ1) is 12.2. The van der Waals surface area contributed by atoms with Crippen molar-refractivity contribution >= 4 is 34.5 Å². The minimum atomic E-state index is 0.0453. The van der Waals surface area contributed by atoms with E-state index in [4.69, 9.17) is 0 Å². The Balaban J connectivity index is 1.53. The van der Waals surface area contributed by atoms with Gasteiger partial charge in [0.15, 0.2) is 0 Å². The van der Waals surface area contributed by atoms with Crippen LogP contribution < -0.4 is 5.32 Å². The topological polar surface area (TPSA) is 52.6 Å². The summed E-state index contributed by atoms with van der Waals surface area (Å²) in [5.74, 6) is 0.319. The summed E-state index contributed by atoms with van der Waals surface area (Å²) in [6.07, 6.45) is 6.57. The second-order valence-electron chi connectivity index (χ2n) is 7.04. The molecule has 1 saturated carbocycles. The van der Waals surface area contributed by atoms with Gasteiger partial charge in [0.05, 0.1) is 4.91 Å². The van der Waals surface area contributed by atoms with Gasteiger partial charge in [-0.25, -0.2) is 0 Å². The number of nitrogens with zero attached hydrogens (tertiary/aromatic N) is 1. The van der Waals surface area contributed by atoms with Crippen LogP contribution in [0.25, 0.3) is 16.8 Å². The Morgan fingerprint density at radius 3 is 2.92 bits per heavy atom. The summed E-state index contributed by atoms with van der Waals surface area (Å²) in [4.78, 5) is 15.8. The summed E-state index contributed by atoms with van der Waals surface area (Å²) in [6.45, 7) is 0. The van der Waals surface area contributed by atoms with Crippen molar-refractivity contribution in [2.45, 2.75) is 43.3 Å². The molecule has 0 bridgehead atoms. The molecule has 3 fully saturated rings. The first kappa shape index (κ1) is 15.3. The molecule has 2 aromatic rings. The number of carbonyl (C=O) groups excluding carboxylic acids is 1. The van der Waals surface area contributed by atoms with Crippen LogP contribution in [0.4, 0.5) is 0 Å². The molecule has 3 aliphatic rings. The zero-order valence-electron chi connectivity index (χ0n) is 13.8. The number of phenolic OH excluding ortho intramolecular Hbond substituents is 1. The lowest BCUT2D eigenvalue weighted by molar-refractivity contribution is -0.127. The van der Waals surface area contributed by atoms with Gasteiger partial charge >= 0.3 is 0 Å². The average Bonchev–Trinajstić information content (AvgIpc) is 3.14. The van der Waals surface area contributed by atoms with Crippen LogP contribution in [0.1, 0.15) is 31.2 Å². The standard InChI is InChI=1S/C20H20N2O2S/c23-17-10-9-12-5-1-2-6-13(12)14(17)11-18-19(24)22-16-8-4-3-7-15(16)21-20(22)25-18/h1-2,5-6,9-11,15-16,20-21,23H,3-4,7-8H2. The molecule has 2 N–H and O–H groups in total. The Bertz CT molecular complexity index is 894. The fraction of sp³-hybridized carbons (Fsp3) is 0.350. The van der Waals surface area contributed by atoms with Crippen LogP contribution in [-0.4, -0.2) is 33.5 Å². The average molecular weight is 352 g/mol. The SMILES string of the molecule is O=C1C(=Cc2c(O)ccc3ccccc23)SC2NC3CCCCC3N12. The minimum absolute atomic E-state index is 0.0453. The fourth-order valence-electron chi connectivity index (χ4n) is 4.38. The first-order valence-electron chi connectivity index (χ1n) is 8.90. The smallest absolute Gasteiger partial charge is 0.262 e. The normalized spacial score (nSPS) is 30.1. The number of aromatic hydroxyl groups is 1. The number of phenols is 1. The molecule has 0 spiro atoms. The van der Waals surface area contributed by atoms with Crippen molar-refractivity contribution in [1.82, 2.24) is 10.2 Å². The number of hydrogen-bond donors (Lipinski definition) is 2. The van der Waals surface area contributed by atoms with Crippen LogP contribution in [0.3, 0.4) is 0 Å². The van der Waals surface area contributed by atoms with E-state index in [0.29, 0.717) is 17.0 Å². The maximum absolute atomic E-state index is 13.0. The number of thioether (sulfide) groups is 1. The molecule has 2 aliphatic heterocycles. The molecule has 0 radical (unpaired) electrons. The number of nitrogens with one attached hydrogen (secondary N) is 1. The van der Waals surface area contributed by atoms with Crippen LogP contribution >= 0.6 is 11.8 Å². The Morgan fingerprint density at radius 2 is 2.00 bits per heavy atom. The van der Waals surface area contributed by atoms with Gasteiger partial charge in [0, 0.05) is 17.6 Å². The van der Waals surface area contributed by atoms with Crippen molar-refractivity contribution in [2.24, 2.45) is 0 Å². The largest absolute Gasteiger partial charge is 0.507 e. The lowest BCUT2D eigenvalue weighted by Crippen LogP contribution is -2.40. The predicted molar refractivity (Wildman–Crippen MR) is 101 cm³/mol. The maximum atomic E-state index is 13.0. The van der Waals surface area contributed by atoms with E-state index in [1.54, 1.807) is 17.8 Å². The highest BCUT2D eigenvalue weighted by Crippen LogP contribution is 2.44. The van der Waals surface area contributed by atoms with Gasteiger partial charge in [0.25, 0.3) is 5.91 Å². The lowest BCUT2D eigenvalue weighted by Gasteiger charge is -2.29. The Hall–Kier alpha value is -1.98. The zero-order chi connectivity index (χ0) is 17.0. The summed E-state index contributed by atoms with van der Waals surface area (Å²) < 4.78 is 0. The number of carbonyl (C=O) groups is 1. The summed E-state index contributed by atoms with van der Waals surface area (Å²) >= 11 is 1.58. The van der Waals surface area contributed by atoms with Gasteiger partial charge in [-0.3, -0.25) is 10.1 Å². The van der Waals surface area contributed by atoms with Crippen molar-refractivity contribution in [2.75, 3.05) is 0 Å². The Labute approximate surface area is 150 Å². The van der Waals surface area contributed by atoms with Crippen molar-refractivity contribution in [3.8, 4) is 5.75 Å². The highest BCUT2D eigenvalue weighted by atomic mass is 32.2. The highest BCUT2D eigenvalue weighted by Gasteiger charge is 2.49. The number of hydrogen-bond acceptors (Lipinski definition) is 4. The van der Waals surface area contributed by atoms with Gasteiger partial charge < -0.3 is 10.0 Å². The predicted octanol–water partition coefficient (Wildman–Crippen LogP) is 3.66. The van der Waals surface area contributed by atoms with Crippen molar-refractivity contribution in [3.05, 3.63) is 46.9 Å². The van der Waals surface area contributed by atoms with Gasteiger partial charge in [-0.1, -0.05) is 54.9 Å². The second-order valence-corrected chi connectivity index (χ2v) is 8.16. The van der Waals surface area contributed by atoms with E-state index in [2.05, 4.69) is 5.32 Å². The van der Waals surface area contributed by atoms with Crippen molar-refractivity contribution in [3.63, 3.8) is 0 Å². The molecule has 2 heterocycles. The molecule has 0 aromatic heterocycles. The fourth-order valence-corrected chi connectivity index (χ4v) is 5.63. The van der Waals surface area contributed by atoms with Gasteiger partial charge in [-0.2, -0.15) is 0 Å². The van der Waals surface area contributed by atoms with E-state index in [0.717, 1.165) is 29.2 Å². The maximum Gasteiger partial charge on any atom is 0.262 e. The number of amides is 1. The summed E-state index contributed by atoms with van der Waals surface area (Å²) in [5.41, 5.74) is 0.777. The molecule has 1 aliphatic carbocycles. The van der Waals surface area contributed by atoms with E-state index < -0.39 is 0 Å².